The number of rotatable bonds is 30. The van der Waals surface area contributed by atoms with Crippen LogP contribution in [-0.2, 0) is 14.3 Å². The molecule has 0 rings (SSSR count). The Hall–Kier alpha value is -1.32. The van der Waals surface area contributed by atoms with Crippen molar-refractivity contribution < 1.29 is 19.4 Å². The summed E-state index contributed by atoms with van der Waals surface area (Å²) in [4.78, 5) is 23.0. The molecule has 4 heteroatoms. The van der Waals surface area contributed by atoms with Gasteiger partial charge in [-0.05, 0) is 25.7 Å². The minimum absolute atomic E-state index is 0.00666. The summed E-state index contributed by atoms with van der Waals surface area (Å²) in [6.45, 7) is 6.09. The van der Waals surface area contributed by atoms with Crippen molar-refractivity contribution in [2.24, 2.45) is 5.92 Å². The highest BCUT2D eigenvalue weighted by atomic mass is 16.5. The predicted octanol–water partition coefficient (Wildman–Crippen LogP) is 10.6. The van der Waals surface area contributed by atoms with Crippen LogP contribution < -0.4 is 0 Å². The number of aliphatic carboxylic acids is 1. The van der Waals surface area contributed by atoms with Crippen molar-refractivity contribution in [3.63, 3.8) is 0 Å². The Bertz CT molecular complexity index is 516. The second-order valence-corrected chi connectivity index (χ2v) is 11.1. The summed E-state index contributed by atoms with van der Waals surface area (Å²) in [6.07, 6.45) is 34.0. The van der Waals surface area contributed by atoms with Crippen molar-refractivity contribution in [3.8, 4) is 0 Å². The van der Waals surface area contributed by atoms with Gasteiger partial charge in [-0.3, -0.25) is 9.59 Å². The highest BCUT2D eigenvalue weighted by Gasteiger charge is 2.21. The Morgan fingerprint density at radius 2 is 1.00 bits per heavy atom. The molecule has 0 bridgehead atoms. The molecule has 0 spiro atoms. The van der Waals surface area contributed by atoms with E-state index in [1.165, 1.54) is 135 Å². The van der Waals surface area contributed by atoms with Crippen molar-refractivity contribution in [1.29, 1.82) is 0 Å². The van der Waals surface area contributed by atoms with Crippen molar-refractivity contribution in [3.05, 3.63) is 12.7 Å². The second kappa shape index (κ2) is 29.2. The zero-order valence-electron chi connectivity index (χ0n) is 24.6. The van der Waals surface area contributed by atoms with Crippen molar-refractivity contribution >= 4 is 11.9 Å². The first-order valence-corrected chi connectivity index (χ1v) is 16.1. The van der Waals surface area contributed by atoms with E-state index in [9.17, 15) is 14.7 Å². The standard InChI is InChI=1S/C33H62O4/c1-3-5-6-7-8-9-10-11-12-13-14-15-16-17-18-19-20-21-22-23-24-25-26-27-28-31(33(35)36)30-32(34)37-29-4-2/h3,31H,1,4-30H2,2H3,(H,35,36). The molecule has 0 saturated heterocycles. The fourth-order valence-electron chi connectivity index (χ4n) is 5.00. The zero-order valence-corrected chi connectivity index (χ0v) is 24.6. The highest BCUT2D eigenvalue weighted by Crippen LogP contribution is 2.18. The summed E-state index contributed by atoms with van der Waals surface area (Å²) in [7, 11) is 0. The molecule has 0 saturated carbocycles. The first-order chi connectivity index (χ1) is 18.1. The number of allylic oxidation sites excluding steroid dienone is 1. The van der Waals surface area contributed by atoms with Gasteiger partial charge in [0.25, 0.3) is 0 Å². The highest BCUT2D eigenvalue weighted by molar-refractivity contribution is 5.78. The monoisotopic (exact) mass is 522 g/mol. The lowest BCUT2D eigenvalue weighted by Gasteiger charge is -2.11. The van der Waals surface area contributed by atoms with Crippen LogP contribution in [0.25, 0.3) is 0 Å². The van der Waals surface area contributed by atoms with Crippen LogP contribution in [0, 0.1) is 5.92 Å². The molecule has 0 aromatic rings. The normalized spacial score (nSPS) is 11.9. The van der Waals surface area contributed by atoms with Crippen LogP contribution in [0.3, 0.4) is 0 Å². The first-order valence-electron chi connectivity index (χ1n) is 16.1. The van der Waals surface area contributed by atoms with E-state index in [1.54, 1.807) is 0 Å². The van der Waals surface area contributed by atoms with E-state index in [2.05, 4.69) is 6.58 Å². The fourth-order valence-corrected chi connectivity index (χ4v) is 5.00. The Morgan fingerprint density at radius 3 is 1.32 bits per heavy atom. The van der Waals surface area contributed by atoms with E-state index in [1.807, 2.05) is 13.0 Å². The van der Waals surface area contributed by atoms with E-state index in [4.69, 9.17) is 4.74 Å². The topological polar surface area (TPSA) is 63.6 Å². The lowest BCUT2D eigenvalue weighted by atomic mass is 9.97. The number of hydrogen-bond donors (Lipinski definition) is 1. The lowest BCUT2D eigenvalue weighted by Crippen LogP contribution is -2.19. The zero-order chi connectivity index (χ0) is 27.2. The smallest absolute Gasteiger partial charge is 0.307 e. The molecule has 0 heterocycles. The Morgan fingerprint density at radius 1 is 0.649 bits per heavy atom. The number of hydrogen-bond acceptors (Lipinski definition) is 3. The number of ether oxygens (including phenoxy) is 1. The van der Waals surface area contributed by atoms with Crippen LogP contribution in [0.15, 0.2) is 12.7 Å². The average Bonchev–Trinajstić information content (AvgIpc) is 2.89. The molecule has 1 N–H and O–H groups in total. The van der Waals surface area contributed by atoms with E-state index in [0.29, 0.717) is 13.0 Å². The third-order valence-corrected chi connectivity index (χ3v) is 7.44. The van der Waals surface area contributed by atoms with Gasteiger partial charge in [0.1, 0.15) is 0 Å². The molecule has 37 heavy (non-hydrogen) atoms. The third kappa shape index (κ3) is 27.5. The van der Waals surface area contributed by atoms with E-state index < -0.39 is 11.9 Å². The van der Waals surface area contributed by atoms with Crippen LogP contribution in [-0.4, -0.2) is 23.7 Å². The first kappa shape index (κ1) is 35.7. The molecule has 1 unspecified atom stereocenters. The molecule has 0 amide bonds. The summed E-state index contributed by atoms with van der Waals surface area (Å²) in [5.74, 6) is -1.85. The van der Waals surface area contributed by atoms with Crippen molar-refractivity contribution in [2.45, 2.75) is 174 Å². The van der Waals surface area contributed by atoms with E-state index in [0.717, 1.165) is 19.3 Å². The van der Waals surface area contributed by atoms with Gasteiger partial charge in [-0.15, -0.1) is 6.58 Å². The summed E-state index contributed by atoms with van der Waals surface area (Å²) in [6, 6.07) is 0. The number of unbranched alkanes of at least 4 members (excludes halogenated alkanes) is 22. The maximum Gasteiger partial charge on any atom is 0.307 e. The Labute approximate surface area is 230 Å². The van der Waals surface area contributed by atoms with Crippen LogP contribution >= 0.6 is 0 Å². The summed E-state index contributed by atoms with van der Waals surface area (Å²) in [5, 5.41) is 9.32. The number of carboxylic acids is 1. The second-order valence-electron chi connectivity index (χ2n) is 11.1. The molecule has 0 radical (unpaired) electrons. The molecule has 0 aliphatic carbocycles. The molecule has 1 atom stereocenters. The summed E-state index contributed by atoms with van der Waals surface area (Å²) in [5.41, 5.74) is 0. The molecule has 4 nitrogen and oxygen atoms in total. The van der Waals surface area contributed by atoms with Crippen LogP contribution in [0.1, 0.15) is 174 Å². The maximum absolute atomic E-state index is 11.7. The molecule has 0 fully saturated rings. The van der Waals surface area contributed by atoms with Gasteiger partial charge in [0.15, 0.2) is 0 Å². The number of carbonyl (C=O) groups is 2. The lowest BCUT2D eigenvalue weighted by molar-refractivity contribution is -0.151. The largest absolute Gasteiger partial charge is 0.481 e. The van der Waals surface area contributed by atoms with Gasteiger partial charge >= 0.3 is 11.9 Å². The number of carbonyl (C=O) groups excluding carboxylic acids is 1. The molecule has 0 aromatic heterocycles. The minimum Gasteiger partial charge on any atom is -0.481 e. The van der Waals surface area contributed by atoms with E-state index >= 15 is 0 Å². The predicted molar refractivity (Wildman–Crippen MR) is 158 cm³/mol. The molecule has 218 valence electrons. The number of esters is 1. The Balaban J connectivity index is 3.29. The maximum atomic E-state index is 11.7. The molecule has 0 aliphatic heterocycles. The van der Waals surface area contributed by atoms with Gasteiger partial charge < -0.3 is 9.84 Å². The Kier molecular flexibility index (Phi) is 28.2. The molecular formula is C33H62O4. The van der Waals surface area contributed by atoms with Crippen LogP contribution in [0.4, 0.5) is 0 Å². The van der Waals surface area contributed by atoms with Gasteiger partial charge in [-0.25, -0.2) is 0 Å². The quantitative estimate of drug-likeness (QED) is 0.0579. The van der Waals surface area contributed by atoms with E-state index in [-0.39, 0.29) is 12.4 Å². The summed E-state index contributed by atoms with van der Waals surface area (Å²) >= 11 is 0. The van der Waals surface area contributed by atoms with Crippen molar-refractivity contribution in [2.75, 3.05) is 6.61 Å². The molecular weight excluding hydrogens is 460 g/mol. The average molecular weight is 523 g/mol. The van der Waals surface area contributed by atoms with Gasteiger partial charge in [-0.1, -0.05) is 148 Å². The molecule has 0 aromatic carbocycles. The molecule has 0 aliphatic rings. The third-order valence-electron chi connectivity index (χ3n) is 7.44. The van der Waals surface area contributed by atoms with Crippen molar-refractivity contribution in [1.82, 2.24) is 0 Å². The number of carboxylic acid groups (broad SMARTS) is 1. The van der Waals surface area contributed by atoms with Gasteiger partial charge in [0.2, 0.25) is 0 Å². The van der Waals surface area contributed by atoms with Gasteiger partial charge in [0.05, 0.1) is 18.9 Å². The van der Waals surface area contributed by atoms with Gasteiger partial charge in [-0.2, -0.15) is 0 Å². The SMILES string of the molecule is C=CCCCCCCCCCCCCCCCCCCCCCCCCC(CC(=O)OCCC)C(=O)O. The minimum atomic E-state index is -0.875. The van der Waals surface area contributed by atoms with Gasteiger partial charge in [0, 0.05) is 0 Å². The summed E-state index contributed by atoms with van der Waals surface area (Å²) < 4.78 is 5.02. The van der Waals surface area contributed by atoms with Crippen LogP contribution in [0.5, 0.6) is 0 Å². The van der Waals surface area contributed by atoms with Crippen LogP contribution in [0.2, 0.25) is 0 Å². The fraction of sp³-hybridized carbons (Fsp3) is 0.879.